The van der Waals surface area contributed by atoms with Crippen LogP contribution in [0.25, 0.3) is 0 Å². The van der Waals surface area contributed by atoms with Crippen LogP contribution >= 0.6 is 0 Å². The fourth-order valence-electron chi connectivity index (χ4n) is 2.38. The van der Waals surface area contributed by atoms with Crippen LogP contribution in [0, 0.1) is 0 Å². The van der Waals surface area contributed by atoms with Gasteiger partial charge in [-0.05, 0) is 34.6 Å². The molecule has 0 radical (unpaired) electrons. The third kappa shape index (κ3) is 15.8. The first-order chi connectivity index (χ1) is 17.2. The second-order valence-electron chi connectivity index (χ2n) is 8.26. The van der Waals surface area contributed by atoms with Gasteiger partial charge in [0.25, 0.3) is 0 Å². The molecule has 2 amide bonds. The van der Waals surface area contributed by atoms with E-state index in [1.807, 2.05) is 0 Å². The lowest BCUT2D eigenvalue weighted by molar-refractivity contribution is -0.160. The summed E-state index contributed by atoms with van der Waals surface area (Å²) in [6.45, 7) is 6.60. The van der Waals surface area contributed by atoms with Gasteiger partial charge in [0.05, 0.1) is 26.4 Å². The first kappa shape index (κ1) is 33.2. The van der Waals surface area contributed by atoms with Gasteiger partial charge in [0.15, 0.2) is 5.78 Å². The molecule has 0 spiro atoms. The molecule has 0 unspecified atom stereocenters. The molecular formula is C22H35N3O12. The summed E-state index contributed by atoms with van der Waals surface area (Å²) in [5.41, 5.74) is 1.11. The number of ketones is 1. The lowest BCUT2D eigenvalue weighted by atomic mass is 10.2. The fraction of sp³-hybridized carbons (Fsp3) is 0.682. The van der Waals surface area contributed by atoms with Crippen molar-refractivity contribution in [2.75, 3.05) is 39.5 Å². The van der Waals surface area contributed by atoms with Crippen LogP contribution in [0.4, 0.5) is 4.79 Å². The Hall–Kier alpha value is -3.75. The Morgan fingerprint density at radius 1 is 0.865 bits per heavy atom. The van der Waals surface area contributed by atoms with Crippen molar-refractivity contribution in [1.82, 2.24) is 15.7 Å². The predicted octanol–water partition coefficient (Wildman–Crippen LogP) is -0.595. The maximum absolute atomic E-state index is 12.6. The fourth-order valence-corrected chi connectivity index (χ4v) is 2.38. The van der Waals surface area contributed by atoms with Crippen LogP contribution in [0.2, 0.25) is 0 Å². The number of ether oxygens (including phenoxy) is 4. The number of esters is 3. The number of hydrogen-bond acceptors (Lipinski definition) is 13. The Morgan fingerprint density at radius 2 is 1.43 bits per heavy atom. The third-order valence-corrected chi connectivity index (χ3v) is 3.78. The van der Waals surface area contributed by atoms with Crippen molar-refractivity contribution < 1.29 is 57.3 Å². The maximum atomic E-state index is 12.6. The Kier molecular flexibility index (Phi) is 15.1. The van der Waals surface area contributed by atoms with Crippen LogP contribution < -0.4 is 10.8 Å². The Balaban J connectivity index is 5.20. The topological polar surface area (TPSA) is 193 Å². The minimum Gasteiger partial charge on any atom is -0.464 e. The summed E-state index contributed by atoms with van der Waals surface area (Å²) in [5, 5.41) is 2.13. The summed E-state index contributed by atoms with van der Waals surface area (Å²) in [5.74, 6) is -5.13. The van der Waals surface area contributed by atoms with Gasteiger partial charge in [-0.15, -0.1) is 5.48 Å². The van der Waals surface area contributed by atoms with Crippen molar-refractivity contribution in [3.05, 3.63) is 0 Å². The molecule has 0 atom stereocenters. The van der Waals surface area contributed by atoms with Crippen LogP contribution in [0.15, 0.2) is 0 Å². The largest absolute Gasteiger partial charge is 0.464 e. The lowest BCUT2D eigenvalue weighted by Gasteiger charge is -2.27. The molecule has 0 aliphatic rings. The number of nitrogens with zero attached hydrogens (tertiary/aromatic N) is 1. The van der Waals surface area contributed by atoms with E-state index in [4.69, 9.17) is 18.9 Å². The smallest absolute Gasteiger partial charge is 0.411 e. The molecule has 0 aliphatic heterocycles. The highest BCUT2D eigenvalue weighted by Crippen LogP contribution is 2.10. The van der Waals surface area contributed by atoms with Gasteiger partial charge in [-0.1, -0.05) is 0 Å². The quantitative estimate of drug-likeness (QED) is 0.117. The molecule has 210 valence electrons. The van der Waals surface area contributed by atoms with Crippen molar-refractivity contribution in [3.8, 4) is 0 Å². The minimum atomic E-state index is -1.77. The number of Topliss-reactive ketones (excluding diaryl/α,β-unsaturated/α-hetero) is 1. The summed E-state index contributed by atoms with van der Waals surface area (Å²) >= 11 is 0. The first-order valence-corrected chi connectivity index (χ1v) is 11.4. The van der Waals surface area contributed by atoms with Crippen LogP contribution in [-0.4, -0.2) is 97.7 Å². The minimum absolute atomic E-state index is 0.0620. The standard InChI is InChI=1S/C22H35N3O12/c1-7-33-19(30)18(20(31)34-8-2)24-16(28)13-25(21(32)36-22(4,5)6)12-15(27)9-10-35-17(29)11-23-37-14(3)26/h18,23H,7-13H2,1-6H3,(H,24,28). The highest BCUT2D eigenvalue weighted by molar-refractivity contribution is 6.03. The van der Waals surface area contributed by atoms with Crippen molar-refractivity contribution in [1.29, 1.82) is 0 Å². The van der Waals surface area contributed by atoms with Gasteiger partial charge >= 0.3 is 30.0 Å². The highest BCUT2D eigenvalue weighted by Gasteiger charge is 2.33. The second kappa shape index (κ2) is 16.8. The number of carbonyl (C=O) groups is 7. The summed E-state index contributed by atoms with van der Waals surface area (Å²) in [4.78, 5) is 89.1. The summed E-state index contributed by atoms with van der Waals surface area (Å²) in [7, 11) is 0. The van der Waals surface area contributed by atoms with Gasteiger partial charge in [0.1, 0.15) is 18.7 Å². The van der Waals surface area contributed by atoms with Crippen molar-refractivity contribution >= 4 is 41.7 Å². The van der Waals surface area contributed by atoms with Crippen LogP contribution in [0.5, 0.6) is 0 Å². The molecule has 0 saturated carbocycles. The monoisotopic (exact) mass is 533 g/mol. The number of rotatable bonds is 15. The van der Waals surface area contributed by atoms with Gasteiger partial charge in [0, 0.05) is 13.3 Å². The average molecular weight is 534 g/mol. The van der Waals surface area contributed by atoms with Gasteiger partial charge in [-0.25, -0.2) is 14.4 Å². The van der Waals surface area contributed by atoms with E-state index in [0.29, 0.717) is 0 Å². The Morgan fingerprint density at radius 3 is 1.92 bits per heavy atom. The van der Waals surface area contributed by atoms with E-state index in [-0.39, 0.29) is 26.2 Å². The van der Waals surface area contributed by atoms with Crippen molar-refractivity contribution in [2.24, 2.45) is 0 Å². The summed E-state index contributed by atoms with van der Waals surface area (Å²) in [6, 6.07) is -1.77. The van der Waals surface area contributed by atoms with Gasteiger partial charge in [0.2, 0.25) is 11.9 Å². The molecule has 2 N–H and O–H groups in total. The SMILES string of the molecule is CCOC(=O)C(NC(=O)CN(CC(=O)CCOC(=O)CNOC(C)=O)C(=O)OC(C)(C)C)C(=O)OCC. The molecule has 15 heteroatoms. The number of hydrogen-bond donors (Lipinski definition) is 2. The summed E-state index contributed by atoms with van der Waals surface area (Å²) in [6.07, 6.45) is -1.32. The van der Waals surface area contributed by atoms with Crippen LogP contribution in [0.3, 0.4) is 0 Å². The third-order valence-electron chi connectivity index (χ3n) is 3.78. The van der Waals surface area contributed by atoms with Gasteiger partial charge in [-0.3, -0.25) is 24.1 Å². The second-order valence-corrected chi connectivity index (χ2v) is 8.26. The maximum Gasteiger partial charge on any atom is 0.411 e. The molecule has 0 heterocycles. The van der Waals surface area contributed by atoms with Crippen molar-refractivity contribution in [2.45, 2.75) is 59.6 Å². The zero-order valence-corrected chi connectivity index (χ0v) is 21.9. The number of carbonyl (C=O) groups excluding carboxylic acids is 7. The molecule has 0 bridgehead atoms. The van der Waals surface area contributed by atoms with E-state index in [9.17, 15) is 33.6 Å². The molecule has 0 fully saturated rings. The molecule has 0 saturated heterocycles. The van der Waals surface area contributed by atoms with Gasteiger partial charge in [-0.2, -0.15) is 0 Å². The van der Waals surface area contributed by atoms with E-state index < -0.39 is 72.9 Å². The van der Waals surface area contributed by atoms with E-state index in [2.05, 4.69) is 15.6 Å². The predicted molar refractivity (Wildman–Crippen MR) is 123 cm³/mol. The Labute approximate surface area is 214 Å². The lowest BCUT2D eigenvalue weighted by Crippen LogP contribution is -2.52. The number of nitrogens with one attached hydrogen (secondary N) is 2. The molecule has 15 nitrogen and oxygen atoms in total. The normalized spacial score (nSPS) is 10.7. The van der Waals surface area contributed by atoms with E-state index in [1.54, 1.807) is 20.8 Å². The molecule has 0 aromatic heterocycles. The van der Waals surface area contributed by atoms with E-state index in [1.165, 1.54) is 13.8 Å². The molecule has 0 aromatic rings. The van der Waals surface area contributed by atoms with E-state index >= 15 is 0 Å². The average Bonchev–Trinajstić information content (AvgIpc) is 2.75. The highest BCUT2D eigenvalue weighted by atomic mass is 16.7. The molecule has 37 heavy (non-hydrogen) atoms. The van der Waals surface area contributed by atoms with Crippen molar-refractivity contribution in [3.63, 3.8) is 0 Å². The Bertz CT molecular complexity index is 819. The molecule has 0 rings (SSSR count). The molecule has 0 aliphatic carbocycles. The van der Waals surface area contributed by atoms with Crippen LogP contribution in [0.1, 0.15) is 48.0 Å². The first-order valence-electron chi connectivity index (χ1n) is 11.4. The number of amides is 2. The number of hydroxylamine groups is 1. The van der Waals surface area contributed by atoms with Crippen LogP contribution in [-0.2, 0) is 52.6 Å². The zero-order valence-electron chi connectivity index (χ0n) is 21.9. The molecule has 0 aromatic carbocycles. The van der Waals surface area contributed by atoms with E-state index in [0.717, 1.165) is 11.8 Å². The summed E-state index contributed by atoms with van der Waals surface area (Å²) < 4.78 is 19.6. The van der Waals surface area contributed by atoms with Gasteiger partial charge < -0.3 is 29.1 Å². The molecular weight excluding hydrogens is 498 g/mol. The zero-order chi connectivity index (χ0) is 28.6.